The van der Waals surface area contributed by atoms with Crippen LogP contribution in [0.15, 0.2) is 47.4 Å². The van der Waals surface area contributed by atoms with E-state index in [9.17, 15) is 9.59 Å². The molecule has 0 radical (unpaired) electrons. The third kappa shape index (κ3) is 1.67. The van der Waals surface area contributed by atoms with Gasteiger partial charge in [0.05, 0.1) is 12.6 Å². The summed E-state index contributed by atoms with van der Waals surface area (Å²) in [5, 5.41) is 0.904. The molecule has 3 rings (SSSR count). The Balaban J connectivity index is 2.50. The minimum Gasteiger partial charge on any atom is -0.465 e. The van der Waals surface area contributed by atoms with Crippen molar-refractivity contribution in [2.24, 2.45) is 0 Å². The number of para-hydroxylation sites is 1. The van der Waals surface area contributed by atoms with E-state index in [0.29, 0.717) is 11.2 Å². The van der Waals surface area contributed by atoms with Gasteiger partial charge in [0.2, 0.25) is 0 Å². The number of hydrogen-bond donors (Lipinski definition) is 0. The average molecular weight is 254 g/mol. The molecule has 0 saturated heterocycles. The number of carbonyl (C=O) groups is 1. The quantitative estimate of drug-likeness (QED) is 0.489. The van der Waals surface area contributed by atoms with Crippen LogP contribution in [0.5, 0.6) is 0 Å². The van der Waals surface area contributed by atoms with Gasteiger partial charge in [0, 0.05) is 6.20 Å². The molecule has 2 aromatic heterocycles. The van der Waals surface area contributed by atoms with Crippen LogP contribution in [-0.4, -0.2) is 22.5 Å². The number of rotatable bonds is 1. The number of pyridine rings is 1. The second-order valence-corrected chi connectivity index (χ2v) is 4.05. The molecule has 0 saturated carbocycles. The van der Waals surface area contributed by atoms with Crippen LogP contribution in [0, 0.1) is 0 Å². The van der Waals surface area contributed by atoms with Crippen LogP contribution in [0.3, 0.4) is 0 Å². The van der Waals surface area contributed by atoms with E-state index in [1.54, 1.807) is 6.07 Å². The lowest BCUT2D eigenvalue weighted by atomic mass is 10.2. The SMILES string of the molecule is COC(=O)c1cnc2ccc3ccccc3n2c1=O. The number of esters is 1. The number of hydrogen-bond acceptors (Lipinski definition) is 4. The van der Waals surface area contributed by atoms with Crippen LogP contribution >= 0.6 is 0 Å². The normalized spacial score (nSPS) is 10.8. The summed E-state index contributed by atoms with van der Waals surface area (Å²) in [6.07, 6.45) is 1.25. The van der Waals surface area contributed by atoms with E-state index in [2.05, 4.69) is 9.72 Å². The summed E-state index contributed by atoms with van der Waals surface area (Å²) < 4.78 is 6.00. The van der Waals surface area contributed by atoms with E-state index >= 15 is 0 Å². The fraction of sp³-hybridized carbons (Fsp3) is 0.0714. The van der Waals surface area contributed by atoms with E-state index in [-0.39, 0.29) is 5.56 Å². The van der Waals surface area contributed by atoms with E-state index in [4.69, 9.17) is 0 Å². The Morgan fingerprint density at radius 3 is 2.79 bits per heavy atom. The fourth-order valence-electron chi connectivity index (χ4n) is 2.06. The van der Waals surface area contributed by atoms with Crippen LogP contribution < -0.4 is 5.56 Å². The van der Waals surface area contributed by atoms with Gasteiger partial charge in [-0.3, -0.25) is 9.20 Å². The Morgan fingerprint density at radius 2 is 2.00 bits per heavy atom. The average Bonchev–Trinajstić information content (AvgIpc) is 2.46. The highest BCUT2D eigenvalue weighted by Crippen LogP contribution is 2.14. The molecule has 2 heterocycles. The summed E-state index contributed by atoms with van der Waals surface area (Å²) >= 11 is 0. The summed E-state index contributed by atoms with van der Waals surface area (Å²) in [6, 6.07) is 11.0. The number of aromatic nitrogens is 2. The van der Waals surface area contributed by atoms with E-state index in [1.807, 2.05) is 30.3 Å². The maximum atomic E-state index is 12.4. The van der Waals surface area contributed by atoms with Crippen molar-refractivity contribution in [3.05, 3.63) is 58.5 Å². The Morgan fingerprint density at radius 1 is 1.21 bits per heavy atom. The van der Waals surface area contributed by atoms with Crippen molar-refractivity contribution in [2.45, 2.75) is 0 Å². The number of fused-ring (bicyclic) bond motifs is 3. The molecule has 0 unspecified atom stereocenters. The molecule has 94 valence electrons. The molecule has 1 aromatic carbocycles. The van der Waals surface area contributed by atoms with Gasteiger partial charge >= 0.3 is 5.97 Å². The Kier molecular flexibility index (Phi) is 2.52. The third-order valence-corrected chi connectivity index (χ3v) is 2.98. The zero-order valence-corrected chi connectivity index (χ0v) is 10.2. The Hall–Kier alpha value is -2.69. The highest BCUT2D eigenvalue weighted by atomic mass is 16.5. The predicted octanol–water partition coefficient (Wildman–Crippen LogP) is 1.63. The van der Waals surface area contributed by atoms with Gasteiger partial charge in [-0.1, -0.05) is 18.2 Å². The molecule has 0 aliphatic rings. The number of methoxy groups -OCH3 is 1. The van der Waals surface area contributed by atoms with Crippen molar-refractivity contribution in [2.75, 3.05) is 7.11 Å². The summed E-state index contributed by atoms with van der Waals surface area (Å²) in [6.45, 7) is 0. The fourth-order valence-corrected chi connectivity index (χ4v) is 2.06. The first-order valence-electron chi connectivity index (χ1n) is 5.70. The lowest BCUT2D eigenvalue weighted by Gasteiger charge is -2.06. The zero-order valence-electron chi connectivity index (χ0n) is 10.2. The van der Waals surface area contributed by atoms with Gasteiger partial charge in [-0.05, 0) is 23.6 Å². The topological polar surface area (TPSA) is 60.7 Å². The number of ether oxygens (including phenoxy) is 1. The van der Waals surface area contributed by atoms with Crippen molar-refractivity contribution in [3.8, 4) is 0 Å². The Labute approximate surface area is 108 Å². The standard InChI is InChI=1S/C14H10N2O3/c1-19-14(18)10-8-15-12-7-6-9-4-2-3-5-11(9)16(12)13(10)17/h2-8H,1H3. The van der Waals surface area contributed by atoms with Crippen molar-refractivity contribution in [1.82, 2.24) is 9.38 Å². The van der Waals surface area contributed by atoms with E-state index < -0.39 is 11.5 Å². The molecular weight excluding hydrogens is 244 g/mol. The monoisotopic (exact) mass is 254 g/mol. The first-order valence-corrected chi connectivity index (χ1v) is 5.70. The molecule has 0 N–H and O–H groups in total. The van der Waals surface area contributed by atoms with Crippen molar-refractivity contribution < 1.29 is 9.53 Å². The highest BCUT2D eigenvalue weighted by molar-refractivity contribution is 5.89. The maximum absolute atomic E-state index is 12.4. The van der Waals surface area contributed by atoms with Gasteiger partial charge in [-0.15, -0.1) is 0 Å². The van der Waals surface area contributed by atoms with Gasteiger partial charge in [-0.2, -0.15) is 0 Å². The number of carbonyl (C=O) groups excluding carboxylic acids is 1. The lowest BCUT2D eigenvalue weighted by molar-refractivity contribution is 0.0598. The molecule has 5 nitrogen and oxygen atoms in total. The largest absolute Gasteiger partial charge is 0.465 e. The summed E-state index contributed by atoms with van der Waals surface area (Å²) in [7, 11) is 1.24. The molecule has 3 aromatic rings. The smallest absolute Gasteiger partial charge is 0.345 e. The molecule has 0 aliphatic heterocycles. The number of benzene rings is 1. The predicted molar refractivity (Wildman–Crippen MR) is 70.3 cm³/mol. The minimum absolute atomic E-state index is 0.0728. The molecule has 0 atom stereocenters. The molecule has 0 spiro atoms. The first kappa shape index (κ1) is 11.4. The van der Waals surface area contributed by atoms with Gasteiger partial charge in [0.15, 0.2) is 0 Å². The second kappa shape index (κ2) is 4.20. The second-order valence-electron chi connectivity index (χ2n) is 4.05. The summed E-state index contributed by atoms with van der Waals surface area (Å²) in [4.78, 5) is 28.0. The van der Waals surface area contributed by atoms with Gasteiger partial charge in [0.25, 0.3) is 5.56 Å². The summed E-state index contributed by atoms with van der Waals surface area (Å²) in [5.74, 6) is -0.681. The summed E-state index contributed by atoms with van der Waals surface area (Å²) in [5.41, 5.74) is 0.713. The highest BCUT2D eigenvalue weighted by Gasteiger charge is 2.14. The van der Waals surface area contributed by atoms with Crippen molar-refractivity contribution in [1.29, 1.82) is 0 Å². The molecule has 0 amide bonds. The van der Waals surface area contributed by atoms with Crippen LogP contribution in [0.25, 0.3) is 16.6 Å². The maximum Gasteiger partial charge on any atom is 0.345 e. The van der Waals surface area contributed by atoms with Crippen LogP contribution in [0.4, 0.5) is 0 Å². The van der Waals surface area contributed by atoms with Crippen molar-refractivity contribution >= 4 is 22.5 Å². The van der Waals surface area contributed by atoms with Crippen LogP contribution in [0.1, 0.15) is 10.4 Å². The van der Waals surface area contributed by atoms with Gasteiger partial charge < -0.3 is 4.74 Å². The lowest BCUT2D eigenvalue weighted by Crippen LogP contribution is -2.24. The van der Waals surface area contributed by atoms with E-state index in [0.717, 1.165) is 5.39 Å². The molecule has 19 heavy (non-hydrogen) atoms. The van der Waals surface area contributed by atoms with Crippen LogP contribution in [0.2, 0.25) is 0 Å². The number of nitrogens with zero attached hydrogens (tertiary/aromatic N) is 2. The molecule has 0 fully saturated rings. The molecule has 0 aliphatic carbocycles. The first-order chi connectivity index (χ1) is 9.22. The molecule has 5 heteroatoms. The van der Waals surface area contributed by atoms with E-state index in [1.165, 1.54) is 17.7 Å². The van der Waals surface area contributed by atoms with Gasteiger partial charge in [-0.25, -0.2) is 9.78 Å². The molecule has 0 bridgehead atoms. The zero-order chi connectivity index (χ0) is 13.4. The molecular formula is C14H10N2O3. The Bertz CT molecular complexity index is 852. The van der Waals surface area contributed by atoms with Crippen LogP contribution in [-0.2, 0) is 4.74 Å². The minimum atomic E-state index is -0.681. The third-order valence-electron chi connectivity index (χ3n) is 2.98. The van der Waals surface area contributed by atoms with Gasteiger partial charge in [0.1, 0.15) is 11.2 Å². The van der Waals surface area contributed by atoms with Crippen molar-refractivity contribution in [3.63, 3.8) is 0 Å².